The Bertz CT molecular complexity index is 515. The van der Waals surface area contributed by atoms with Gasteiger partial charge in [0.05, 0.1) is 18.2 Å². The summed E-state index contributed by atoms with van der Waals surface area (Å²) in [6.45, 7) is 0.631. The third kappa shape index (κ3) is 3.59. The van der Waals surface area contributed by atoms with Gasteiger partial charge in [0, 0.05) is 12.7 Å². The zero-order valence-corrected chi connectivity index (χ0v) is 10.5. The Labute approximate surface area is 111 Å². The highest BCUT2D eigenvalue weighted by molar-refractivity contribution is 5.83. The minimum absolute atomic E-state index is 0.0978. The van der Waals surface area contributed by atoms with Crippen molar-refractivity contribution in [2.75, 3.05) is 6.54 Å². The van der Waals surface area contributed by atoms with E-state index in [1.807, 2.05) is 36.4 Å². The Morgan fingerprint density at radius 3 is 2.63 bits per heavy atom. The fourth-order valence-electron chi connectivity index (χ4n) is 1.81. The molecule has 3 N–H and O–H groups in total. The van der Waals surface area contributed by atoms with Crippen LogP contribution in [0.5, 0.6) is 0 Å². The summed E-state index contributed by atoms with van der Waals surface area (Å²) in [7, 11) is 0. The fourth-order valence-corrected chi connectivity index (χ4v) is 1.81. The Kier molecular flexibility index (Phi) is 4.58. The quantitative estimate of drug-likeness (QED) is 0.830. The van der Waals surface area contributed by atoms with Crippen molar-refractivity contribution >= 4 is 5.91 Å². The van der Waals surface area contributed by atoms with Gasteiger partial charge in [-0.2, -0.15) is 10.2 Å². The minimum Gasteiger partial charge on any atom is -0.350 e. The van der Waals surface area contributed by atoms with Crippen LogP contribution in [0.2, 0.25) is 0 Å². The average Bonchev–Trinajstić information content (AvgIpc) is 2.48. The number of nitrogens with one attached hydrogen (secondary N) is 1. The van der Waals surface area contributed by atoms with Crippen LogP contribution in [-0.2, 0) is 11.3 Å². The van der Waals surface area contributed by atoms with Crippen molar-refractivity contribution in [3.8, 4) is 0 Å². The number of nitrogens with two attached hydrogens (primary N) is 1. The summed E-state index contributed by atoms with van der Waals surface area (Å²) in [6, 6.07) is 13.1. The van der Waals surface area contributed by atoms with Gasteiger partial charge < -0.3 is 11.1 Å². The predicted molar refractivity (Wildman–Crippen MR) is 72.1 cm³/mol. The van der Waals surface area contributed by atoms with Crippen molar-refractivity contribution in [3.63, 3.8) is 0 Å². The predicted octanol–water partition coefficient (Wildman–Crippen LogP) is 0.835. The van der Waals surface area contributed by atoms with Crippen molar-refractivity contribution in [2.45, 2.75) is 12.5 Å². The molecule has 2 aromatic rings. The molecule has 0 fully saturated rings. The summed E-state index contributed by atoms with van der Waals surface area (Å²) >= 11 is 0. The average molecular weight is 256 g/mol. The van der Waals surface area contributed by atoms with Crippen LogP contribution in [0, 0.1) is 0 Å². The SMILES string of the molecule is NCC(C(=O)NCc1cccnn1)c1ccccc1. The van der Waals surface area contributed by atoms with Gasteiger partial charge in [-0.1, -0.05) is 30.3 Å². The number of hydrogen-bond donors (Lipinski definition) is 2. The molecule has 1 aromatic heterocycles. The molecule has 1 unspecified atom stereocenters. The molecule has 0 bridgehead atoms. The minimum atomic E-state index is -0.335. The molecular weight excluding hydrogens is 240 g/mol. The van der Waals surface area contributed by atoms with E-state index in [0.717, 1.165) is 11.3 Å². The van der Waals surface area contributed by atoms with Crippen molar-refractivity contribution < 1.29 is 4.79 Å². The molecule has 98 valence electrons. The van der Waals surface area contributed by atoms with Crippen LogP contribution in [0.15, 0.2) is 48.7 Å². The van der Waals surface area contributed by atoms with Crippen molar-refractivity contribution in [1.29, 1.82) is 0 Å². The topological polar surface area (TPSA) is 80.9 Å². The summed E-state index contributed by atoms with van der Waals surface area (Å²) in [5.74, 6) is -0.433. The zero-order chi connectivity index (χ0) is 13.5. The molecule has 5 heteroatoms. The van der Waals surface area contributed by atoms with E-state index in [-0.39, 0.29) is 18.4 Å². The second kappa shape index (κ2) is 6.61. The number of carbonyl (C=O) groups excluding carboxylic acids is 1. The molecule has 0 saturated carbocycles. The van der Waals surface area contributed by atoms with E-state index in [1.54, 1.807) is 12.3 Å². The summed E-state index contributed by atoms with van der Waals surface area (Å²) in [5.41, 5.74) is 7.33. The van der Waals surface area contributed by atoms with Gasteiger partial charge in [0.25, 0.3) is 0 Å². The Hall–Kier alpha value is -2.27. The number of nitrogens with zero attached hydrogens (tertiary/aromatic N) is 2. The van der Waals surface area contributed by atoms with E-state index in [2.05, 4.69) is 15.5 Å². The van der Waals surface area contributed by atoms with Gasteiger partial charge in [0.2, 0.25) is 5.91 Å². The van der Waals surface area contributed by atoms with Crippen LogP contribution in [0.1, 0.15) is 17.2 Å². The summed E-state index contributed by atoms with van der Waals surface area (Å²) < 4.78 is 0. The molecule has 1 amide bonds. The number of aromatic nitrogens is 2. The van der Waals surface area contributed by atoms with Gasteiger partial charge in [0.1, 0.15) is 0 Å². The summed E-state index contributed by atoms with van der Waals surface area (Å²) in [5, 5.41) is 10.5. The van der Waals surface area contributed by atoms with Gasteiger partial charge >= 0.3 is 0 Å². The Morgan fingerprint density at radius 2 is 2.00 bits per heavy atom. The molecular formula is C14H16N4O. The Balaban J connectivity index is 1.98. The smallest absolute Gasteiger partial charge is 0.229 e. The highest BCUT2D eigenvalue weighted by atomic mass is 16.1. The molecule has 1 heterocycles. The second-order valence-corrected chi connectivity index (χ2v) is 4.13. The normalized spacial score (nSPS) is 11.8. The molecule has 1 aromatic carbocycles. The highest BCUT2D eigenvalue weighted by Crippen LogP contribution is 2.14. The highest BCUT2D eigenvalue weighted by Gasteiger charge is 2.18. The van der Waals surface area contributed by atoms with Crippen molar-refractivity contribution in [1.82, 2.24) is 15.5 Å². The van der Waals surface area contributed by atoms with Crippen LogP contribution < -0.4 is 11.1 Å². The first-order chi connectivity index (χ1) is 9.31. The van der Waals surface area contributed by atoms with E-state index >= 15 is 0 Å². The van der Waals surface area contributed by atoms with Gasteiger partial charge in [-0.15, -0.1) is 0 Å². The first-order valence-corrected chi connectivity index (χ1v) is 6.10. The summed E-state index contributed by atoms with van der Waals surface area (Å²) in [4.78, 5) is 12.1. The number of amides is 1. The third-order valence-corrected chi connectivity index (χ3v) is 2.83. The molecule has 0 aliphatic heterocycles. The van der Waals surface area contributed by atoms with Crippen LogP contribution in [0.3, 0.4) is 0 Å². The monoisotopic (exact) mass is 256 g/mol. The standard InChI is InChI=1S/C14H16N4O/c15-9-13(11-5-2-1-3-6-11)14(19)16-10-12-7-4-8-17-18-12/h1-8,13H,9-10,15H2,(H,16,19). The lowest BCUT2D eigenvalue weighted by molar-refractivity contribution is -0.122. The maximum absolute atomic E-state index is 12.1. The van der Waals surface area contributed by atoms with E-state index in [4.69, 9.17) is 5.73 Å². The maximum atomic E-state index is 12.1. The van der Waals surface area contributed by atoms with Crippen molar-refractivity contribution in [3.05, 3.63) is 59.9 Å². The van der Waals surface area contributed by atoms with Crippen LogP contribution in [-0.4, -0.2) is 22.6 Å². The molecule has 0 spiro atoms. The lowest BCUT2D eigenvalue weighted by Gasteiger charge is -2.14. The molecule has 0 radical (unpaired) electrons. The van der Waals surface area contributed by atoms with Crippen molar-refractivity contribution in [2.24, 2.45) is 5.73 Å². The lowest BCUT2D eigenvalue weighted by atomic mass is 9.98. The molecule has 2 rings (SSSR count). The van der Waals surface area contributed by atoms with E-state index < -0.39 is 0 Å². The first kappa shape index (κ1) is 13.2. The number of rotatable bonds is 5. The van der Waals surface area contributed by atoms with Gasteiger partial charge in [-0.3, -0.25) is 4.79 Å². The summed E-state index contributed by atoms with van der Waals surface area (Å²) in [6.07, 6.45) is 1.60. The van der Waals surface area contributed by atoms with E-state index in [9.17, 15) is 4.79 Å². The Morgan fingerprint density at radius 1 is 1.21 bits per heavy atom. The molecule has 0 aliphatic carbocycles. The largest absolute Gasteiger partial charge is 0.350 e. The molecule has 19 heavy (non-hydrogen) atoms. The molecule has 1 atom stereocenters. The molecule has 0 aliphatic rings. The molecule has 5 nitrogen and oxygen atoms in total. The number of benzene rings is 1. The lowest BCUT2D eigenvalue weighted by Crippen LogP contribution is -2.33. The second-order valence-electron chi connectivity index (χ2n) is 4.13. The van der Waals surface area contributed by atoms with Crippen LogP contribution >= 0.6 is 0 Å². The zero-order valence-electron chi connectivity index (χ0n) is 10.5. The third-order valence-electron chi connectivity index (χ3n) is 2.83. The molecule has 0 saturated heterocycles. The maximum Gasteiger partial charge on any atom is 0.229 e. The van der Waals surface area contributed by atoms with Gasteiger partial charge in [-0.05, 0) is 17.7 Å². The van der Waals surface area contributed by atoms with E-state index in [0.29, 0.717) is 6.54 Å². The number of carbonyl (C=O) groups is 1. The fraction of sp³-hybridized carbons (Fsp3) is 0.214. The van der Waals surface area contributed by atoms with Crippen LogP contribution in [0.25, 0.3) is 0 Å². The van der Waals surface area contributed by atoms with Crippen LogP contribution in [0.4, 0.5) is 0 Å². The van der Waals surface area contributed by atoms with E-state index in [1.165, 1.54) is 0 Å². The first-order valence-electron chi connectivity index (χ1n) is 6.10. The number of hydrogen-bond acceptors (Lipinski definition) is 4. The van der Waals surface area contributed by atoms with Gasteiger partial charge in [-0.25, -0.2) is 0 Å². The van der Waals surface area contributed by atoms with Gasteiger partial charge in [0.15, 0.2) is 0 Å².